The minimum Gasteiger partial charge on any atom is -0.353 e. The van der Waals surface area contributed by atoms with Crippen LogP contribution in [0.2, 0.25) is 10.0 Å². The van der Waals surface area contributed by atoms with Crippen molar-refractivity contribution < 1.29 is 4.79 Å². The highest BCUT2D eigenvalue weighted by atomic mass is 35.5. The molecule has 2 aromatic rings. The van der Waals surface area contributed by atoms with Crippen molar-refractivity contribution in [2.24, 2.45) is 5.92 Å². The van der Waals surface area contributed by atoms with Crippen LogP contribution in [0.15, 0.2) is 17.4 Å². The third-order valence-electron chi connectivity index (χ3n) is 3.45. The minimum atomic E-state index is 0.00396. The predicted octanol–water partition coefficient (Wildman–Crippen LogP) is 3.04. The summed E-state index contributed by atoms with van der Waals surface area (Å²) in [6, 6.07) is 1.86. The summed E-state index contributed by atoms with van der Waals surface area (Å²) >= 11 is 13.3. The number of pyridine rings is 1. The molecule has 2 aromatic heterocycles. The zero-order valence-electron chi connectivity index (χ0n) is 11.3. The molecule has 1 saturated carbocycles. The van der Waals surface area contributed by atoms with Crippen molar-refractivity contribution in [3.05, 3.63) is 22.3 Å². The van der Waals surface area contributed by atoms with Crippen molar-refractivity contribution in [2.75, 3.05) is 5.75 Å². The molecule has 0 unspecified atom stereocenters. The molecule has 0 saturated heterocycles. The SMILES string of the molecule is C[C@@H](NC(=O)CSc1nnc2c(Cl)cc(Cl)cn12)C1CC1. The predicted molar refractivity (Wildman–Crippen MR) is 84.1 cm³/mol. The van der Waals surface area contributed by atoms with Crippen LogP contribution in [0.25, 0.3) is 5.65 Å². The number of fused-ring (bicyclic) bond motifs is 1. The van der Waals surface area contributed by atoms with E-state index in [9.17, 15) is 4.79 Å². The van der Waals surface area contributed by atoms with Crippen molar-refractivity contribution in [1.29, 1.82) is 0 Å². The van der Waals surface area contributed by atoms with E-state index in [0.29, 0.717) is 32.5 Å². The molecule has 0 aliphatic heterocycles. The van der Waals surface area contributed by atoms with Gasteiger partial charge in [-0.05, 0) is 31.7 Å². The number of nitrogens with zero attached hydrogens (tertiary/aromatic N) is 3. The number of carbonyl (C=O) groups is 1. The average molecular weight is 345 g/mol. The Bertz CT molecular complexity index is 686. The number of hydrogen-bond donors (Lipinski definition) is 1. The van der Waals surface area contributed by atoms with Gasteiger partial charge in [0.2, 0.25) is 5.91 Å². The van der Waals surface area contributed by atoms with Gasteiger partial charge in [0.05, 0.1) is 15.8 Å². The molecule has 0 radical (unpaired) electrons. The van der Waals surface area contributed by atoms with E-state index in [1.165, 1.54) is 24.6 Å². The quantitative estimate of drug-likeness (QED) is 0.847. The van der Waals surface area contributed by atoms with Crippen LogP contribution in [0.5, 0.6) is 0 Å². The van der Waals surface area contributed by atoms with Crippen LogP contribution < -0.4 is 5.32 Å². The summed E-state index contributed by atoms with van der Waals surface area (Å²) < 4.78 is 1.70. The molecule has 1 amide bonds. The number of rotatable bonds is 5. The van der Waals surface area contributed by atoms with Crippen LogP contribution >= 0.6 is 35.0 Å². The Morgan fingerprint density at radius 2 is 2.29 bits per heavy atom. The van der Waals surface area contributed by atoms with Gasteiger partial charge in [-0.25, -0.2) is 0 Å². The third kappa shape index (κ3) is 3.44. The summed E-state index contributed by atoms with van der Waals surface area (Å²) in [5.41, 5.74) is 0.537. The molecule has 1 aliphatic carbocycles. The lowest BCUT2D eigenvalue weighted by molar-refractivity contribution is -0.119. The Balaban J connectivity index is 1.66. The van der Waals surface area contributed by atoms with Gasteiger partial charge in [0.15, 0.2) is 10.8 Å². The second kappa shape index (κ2) is 6.02. The number of aromatic nitrogens is 3. The third-order valence-corrected chi connectivity index (χ3v) is 4.87. The van der Waals surface area contributed by atoms with E-state index >= 15 is 0 Å². The van der Waals surface area contributed by atoms with Crippen LogP contribution in [0.4, 0.5) is 0 Å². The lowest BCUT2D eigenvalue weighted by Crippen LogP contribution is -2.35. The monoisotopic (exact) mass is 344 g/mol. The Morgan fingerprint density at radius 1 is 1.52 bits per heavy atom. The van der Waals surface area contributed by atoms with Gasteiger partial charge in [0.25, 0.3) is 0 Å². The molecule has 0 aromatic carbocycles. The molecule has 0 bridgehead atoms. The van der Waals surface area contributed by atoms with Crippen LogP contribution in [0.3, 0.4) is 0 Å². The molecule has 8 heteroatoms. The van der Waals surface area contributed by atoms with E-state index in [2.05, 4.69) is 15.5 Å². The number of thioether (sulfide) groups is 1. The fourth-order valence-corrected chi connectivity index (χ4v) is 3.37. The first-order valence-electron chi connectivity index (χ1n) is 6.66. The molecule has 0 spiro atoms. The summed E-state index contributed by atoms with van der Waals surface area (Å²) in [7, 11) is 0. The van der Waals surface area contributed by atoms with E-state index in [1.54, 1.807) is 16.7 Å². The van der Waals surface area contributed by atoms with E-state index in [-0.39, 0.29) is 11.9 Å². The molecular formula is C13H14Cl2N4OS. The normalized spacial score (nSPS) is 16.1. The second-order valence-electron chi connectivity index (χ2n) is 5.16. The van der Waals surface area contributed by atoms with Crippen LogP contribution in [0, 0.1) is 5.92 Å². The minimum absolute atomic E-state index is 0.00396. The molecule has 1 atom stereocenters. The van der Waals surface area contributed by atoms with Crippen molar-refractivity contribution in [3.63, 3.8) is 0 Å². The maximum absolute atomic E-state index is 11.9. The van der Waals surface area contributed by atoms with Gasteiger partial charge in [-0.2, -0.15) is 0 Å². The topological polar surface area (TPSA) is 59.3 Å². The zero-order valence-corrected chi connectivity index (χ0v) is 13.7. The average Bonchev–Trinajstić information content (AvgIpc) is 3.19. The Kier molecular flexibility index (Phi) is 4.28. The molecule has 3 rings (SSSR count). The van der Waals surface area contributed by atoms with Gasteiger partial charge in [0.1, 0.15) is 0 Å². The largest absolute Gasteiger partial charge is 0.353 e. The first kappa shape index (κ1) is 14.9. The van der Waals surface area contributed by atoms with Crippen molar-refractivity contribution >= 4 is 46.5 Å². The lowest BCUT2D eigenvalue weighted by Gasteiger charge is -2.11. The number of hydrogen-bond acceptors (Lipinski definition) is 4. The van der Waals surface area contributed by atoms with E-state index < -0.39 is 0 Å². The summed E-state index contributed by atoms with van der Waals surface area (Å²) in [5.74, 6) is 0.942. The maximum atomic E-state index is 11.9. The summed E-state index contributed by atoms with van der Waals surface area (Å²) in [6.45, 7) is 2.05. The molecular weight excluding hydrogens is 331 g/mol. The van der Waals surface area contributed by atoms with Crippen molar-refractivity contribution in [2.45, 2.75) is 31.0 Å². The van der Waals surface area contributed by atoms with E-state index in [1.807, 2.05) is 6.92 Å². The second-order valence-corrected chi connectivity index (χ2v) is 6.95. The molecule has 112 valence electrons. The van der Waals surface area contributed by atoms with Crippen LogP contribution in [-0.4, -0.2) is 32.3 Å². The maximum Gasteiger partial charge on any atom is 0.230 e. The highest BCUT2D eigenvalue weighted by Crippen LogP contribution is 2.32. The molecule has 2 heterocycles. The highest BCUT2D eigenvalue weighted by molar-refractivity contribution is 7.99. The number of nitrogens with one attached hydrogen (secondary N) is 1. The summed E-state index contributed by atoms with van der Waals surface area (Å²) in [6.07, 6.45) is 4.11. The van der Waals surface area contributed by atoms with E-state index in [0.717, 1.165) is 0 Å². The smallest absolute Gasteiger partial charge is 0.230 e. The van der Waals surface area contributed by atoms with Crippen LogP contribution in [-0.2, 0) is 4.79 Å². The van der Waals surface area contributed by atoms with Gasteiger partial charge >= 0.3 is 0 Å². The fraction of sp³-hybridized carbons (Fsp3) is 0.462. The van der Waals surface area contributed by atoms with Crippen molar-refractivity contribution in [1.82, 2.24) is 19.9 Å². The molecule has 21 heavy (non-hydrogen) atoms. The van der Waals surface area contributed by atoms with Gasteiger partial charge in [-0.3, -0.25) is 9.20 Å². The first-order chi connectivity index (χ1) is 10.0. The molecule has 5 nitrogen and oxygen atoms in total. The van der Waals surface area contributed by atoms with Gasteiger partial charge in [-0.15, -0.1) is 10.2 Å². The Hall–Kier alpha value is -0.980. The fourth-order valence-electron chi connectivity index (χ4n) is 2.14. The number of carbonyl (C=O) groups excluding carboxylic acids is 1. The summed E-state index contributed by atoms with van der Waals surface area (Å²) in [4.78, 5) is 11.9. The van der Waals surface area contributed by atoms with E-state index in [4.69, 9.17) is 23.2 Å². The first-order valence-corrected chi connectivity index (χ1v) is 8.40. The number of amides is 1. The van der Waals surface area contributed by atoms with Gasteiger partial charge in [-0.1, -0.05) is 35.0 Å². The Morgan fingerprint density at radius 3 is 3.00 bits per heavy atom. The van der Waals surface area contributed by atoms with Crippen molar-refractivity contribution in [3.8, 4) is 0 Å². The van der Waals surface area contributed by atoms with Crippen LogP contribution in [0.1, 0.15) is 19.8 Å². The Labute approximate surface area is 136 Å². The number of halogens is 2. The zero-order chi connectivity index (χ0) is 15.0. The summed E-state index contributed by atoms with van der Waals surface area (Å²) in [5, 5.41) is 12.6. The molecule has 1 fully saturated rings. The van der Waals surface area contributed by atoms with Gasteiger partial charge < -0.3 is 5.32 Å². The highest BCUT2D eigenvalue weighted by Gasteiger charge is 2.28. The standard InChI is InChI=1S/C13H14Cl2N4OS/c1-7(8-2-3-8)16-11(20)6-21-13-18-17-12-10(15)4-9(14)5-19(12)13/h4-5,7-8H,2-3,6H2,1H3,(H,16,20)/t7-/m1/s1. The molecule has 1 aliphatic rings. The van der Waals surface area contributed by atoms with Gasteiger partial charge in [0, 0.05) is 12.2 Å². The molecule has 1 N–H and O–H groups in total. The lowest BCUT2D eigenvalue weighted by atomic mass is 10.2.